The number of hydrogen-bond donors (Lipinski definition) is 1. The molecule has 0 aromatic rings. The van der Waals surface area contributed by atoms with Crippen molar-refractivity contribution in [3.8, 4) is 0 Å². The van der Waals surface area contributed by atoms with Gasteiger partial charge in [0.25, 0.3) is 0 Å². The standard InChI is InChI=1S/C31H52N2O6Si/c1-9-20-37-28(35)27-26-18-17-23(33(26)29(36)32-31(27)19-13-14-22(3)38-31)21-24(34)15-11-12-16-25(10-2)39-40(7,8)30(4,5)6/h9,12,16,22-23,25-27H,1,10-11,13-15,17-21H2,2-8H3,(H,32,36)/b16-12-/t22-,23+,25+,26-,27+,31-/m1/s1. The van der Waals surface area contributed by atoms with Gasteiger partial charge in [-0.3, -0.25) is 9.59 Å². The number of fused-ring (bicyclic) bond motifs is 1. The highest BCUT2D eigenvalue weighted by Crippen LogP contribution is 2.45. The molecule has 226 valence electrons. The molecule has 2 amide bonds. The fraction of sp³-hybridized carbons (Fsp3) is 0.774. The van der Waals surface area contributed by atoms with Gasteiger partial charge in [0.05, 0.1) is 18.2 Å². The van der Waals surface area contributed by atoms with E-state index in [0.29, 0.717) is 32.1 Å². The second kappa shape index (κ2) is 13.3. The van der Waals surface area contributed by atoms with E-state index in [1.54, 1.807) is 11.0 Å². The van der Waals surface area contributed by atoms with Gasteiger partial charge in [0.15, 0.2) is 14.0 Å². The Morgan fingerprint density at radius 2 is 2.00 bits per heavy atom. The monoisotopic (exact) mass is 576 g/mol. The maximum atomic E-state index is 13.4. The minimum atomic E-state index is -1.87. The summed E-state index contributed by atoms with van der Waals surface area (Å²) in [7, 11) is -1.87. The van der Waals surface area contributed by atoms with Gasteiger partial charge >= 0.3 is 12.0 Å². The molecule has 6 atom stereocenters. The first-order valence-corrected chi connectivity index (χ1v) is 18.1. The van der Waals surface area contributed by atoms with Gasteiger partial charge in [0.2, 0.25) is 0 Å². The maximum Gasteiger partial charge on any atom is 0.320 e. The van der Waals surface area contributed by atoms with Crippen LogP contribution in [0.25, 0.3) is 0 Å². The van der Waals surface area contributed by atoms with Crippen molar-refractivity contribution in [1.82, 2.24) is 10.2 Å². The van der Waals surface area contributed by atoms with Crippen molar-refractivity contribution in [3.05, 3.63) is 24.8 Å². The van der Waals surface area contributed by atoms with Crippen molar-refractivity contribution >= 4 is 26.1 Å². The third-order valence-electron chi connectivity index (χ3n) is 9.21. The molecule has 0 aliphatic carbocycles. The van der Waals surface area contributed by atoms with Crippen LogP contribution in [0.4, 0.5) is 4.79 Å². The molecule has 0 radical (unpaired) electrons. The van der Waals surface area contributed by atoms with Crippen molar-refractivity contribution in [2.45, 2.75) is 141 Å². The fourth-order valence-electron chi connectivity index (χ4n) is 6.09. The van der Waals surface area contributed by atoms with E-state index in [4.69, 9.17) is 13.9 Å². The molecule has 3 aliphatic heterocycles. The summed E-state index contributed by atoms with van der Waals surface area (Å²) < 4.78 is 18.3. The molecular weight excluding hydrogens is 524 g/mol. The normalized spacial score (nSPS) is 29.8. The van der Waals surface area contributed by atoms with Crippen LogP contribution >= 0.6 is 0 Å². The molecule has 3 aliphatic rings. The topological polar surface area (TPSA) is 94.2 Å². The van der Waals surface area contributed by atoms with Crippen molar-refractivity contribution in [2.24, 2.45) is 5.92 Å². The zero-order valence-electron chi connectivity index (χ0n) is 25.8. The summed E-state index contributed by atoms with van der Waals surface area (Å²) in [5.74, 6) is -0.913. The van der Waals surface area contributed by atoms with E-state index in [9.17, 15) is 14.4 Å². The van der Waals surface area contributed by atoms with E-state index in [1.807, 2.05) is 6.92 Å². The predicted molar refractivity (Wildman–Crippen MR) is 159 cm³/mol. The van der Waals surface area contributed by atoms with Crippen LogP contribution < -0.4 is 5.32 Å². The number of ketones is 1. The number of carbonyl (C=O) groups excluding carboxylic acids is 3. The molecule has 0 aromatic carbocycles. The van der Waals surface area contributed by atoms with Crippen LogP contribution in [0.5, 0.6) is 0 Å². The molecule has 1 N–H and O–H groups in total. The summed E-state index contributed by atoms with van der Waals surface area (Å²) in [5, 5.41) is 3.19. The molecule has 0 aromatic heterocycles. The Kier molecular flexibility index (Phi) is 10.9. The third-order valence-corrected chi connectivity index (χ3v) is 13.7. The molecule has 0 bridgehead atoms. The maximum absolute atomic E-state index is 13.4. The Morgan fingerprint density at radius 3 is 2.62 bits per heavy atom. The first kappa shape index (κ1) is 32.5. The minimum Gasteiger partial charge on any atom is -0.461 e. The molecule has 3 fully saturated rings. The average Bonchev–Trinajstić information content (AvgIpc) is 3.26. The number of nitrogens with one attached hydrogen (secondary N) is 1. The summed E-state index contributed by atoms with van der Waals surface area (Å²) in [6.45, 7) is 19.1. The van der Waals surface area contributed by atoms with Crippen LogP contribution in [-0.2, 0) is 23.5 Å². The quantitative estimate of drug-likeness (QED) is 0.167. The Balaban J connectivity index is 1.62. The van der Waals surface area contributed by atoms with Crippen molar-refractivity contribution < 1.29 is 28.3 Å². The summed E-state index contributed by atoms with van der Waals surface area (Å²) in [6.07, 6.45) is 11.5. The average molecular weight is 577 g/mol. The summed E-state index contributed by atoms with van der Waals surface area (Å²) in [5.41, 5.74) is -1.07. The Morgan fingerprint density at radius 1 is 1.27 bits per heavy atom. The van der Waals surface area contributed by atoms with Crippen molar-refractivity contribution in [2.75, 3.05) is 6.61 Å². The molecule has 3 heterocycles. The molecular formula is C31H52N2O6Si. The first-order valence-electron chi connectivity index (χ1n) is 15.2. The van der Waals surface area contributed by atoms with E-state index >= 15 is 0 Å². The van der Waals surface area contributed by atoms with E-state index < -0.39 is 20.0 Å². The Hall–Kier alpha value is -1.97. The van der Waals surface area contributed by atoms with Gasteiger partial charge in [-0.05, 0) is 70.0 Å². The van der Waals surface area contributed by atoms with E-state index in [2.05, 4.69) is 64.8 Å². The minimum absolute atomic E-state index is 0.0541. The highest BCUT2D eigenvalue weighted by molar-refractivity contribution is 6.74. The van der Waals surface area contributed by atoms with Gasteiger partial charge in [0, 0.05) is 18.9 Å². The number of carbonyl (C=O) groups is 3. The first-order chi connectivity index (χ1) is 18.7. The number of rotatable bonds is 12. The van der Waals surface area contributed by atoms with E-state index in [0.717, 1.165) is 19.3 Å². The van der Waals surface area contributed by atoms with Crippen LogP contribution in [0.1, 0.15) is 92.4 Å². The molecule has 3 saturated heterocycles. The van der Waals surface area contributed by atoms with Gasteiger partial charge in [-0.1, -0.05) is 52.5 Å². The molecule has 0 saturated carbocycles. The number of nitrogens with zero attached hydrogens (tertiary/aromatic N) is 1. The lowest BCUT2D eigenvalue weighted by Gasteiger charge is -2.52. The van der Waals surface area contributed by atoms with Crippen LogP contribution in [0.15, 0.2) is 24.8 Å². The van der Waals surface area contributed by atoms with Gasteiger partial charge in [-0.15, -0.1) is 0 Å². The molecule has 9 heteroatoms. The number of allylic oxidation sites excluding steroid dienone is 1. The zero-order chi connectivity index (χ0) is 29.7. The molecule has 0 unspecified atom stereocenters. The molecule has 40 heavy (non-hydrogen) atoms. The van der Waals surface area contributed by atoms with Gasteiger partial charge in [-0.2, -0.15) is 0 Å². The van der Waals surface area contributed by atoms with E-state index in [1.165, 1.54) is 0 Å². The van der Waals surface area contributed by atoms with Crippen LogP contribution in [0.3, 0.4) is 0 Å². The smallest absolute Gasteiger partial charge is 0.320 e. The summed E-state index contributed by atoms with van der Waals surface area (Å²) in [6, 6.07) is -0.845. The number of Topliss-reactive ketones (excluding diaryl/α,β-unsaturated/α-hetero) is 1. The predicted octanol–water partition coefficient (Wildman–Crippen LogP) is 6.27. The van der Waals surface area contributed by atoms with Crippen LogP contribution in [-0.4, -0.2) is 67.6 Å². The van der Waals surface area contributed by atoms with Gasteiger partial charge in [0.1, 0.15) is 18.3 Å². The van der Waals surface area contributed by atoms with Crippen molar-refractivity contribution in [3.63, 3.8) is 0 Å². The Bertz CT molecular complexity index is 960. The Labute approximate surface area is 242 Å². The fourth-order valence-corrected chi connectivity index (χ4v) is 7.45. The van der Waals surface area contributed by atoms with Crippen LogP contribution in [0.2, 0.25) is 18.1 Å². The third kappa shape index (κ3) is 7.45. The summed E-state index contributed by atoms with van der Waals surface area (Å²) in [4.78, 5) is 41.4. The number of ether oxygens (including phenoxy) is 2. The number of amides is 2. The highest BCUT2D eigenvalue weighted by Gasteiger charge is 2.60. The van der Waals surface area contributed by atoms with Gasteiger partial charge < -0.3 is 24.1 Å². The lowest BCUT2D eigenvalue weighted by molar-refractivity contribution is -0.203. The largest absolute Gasteiger partial charge is 0.461 e. The number of urea groups is 1. The molecule has 3 rings (SSSR count). The number of hydrogen-bond acceptors (Lipinski definition) is 6. The lowest BCUT2D eigenvalue weighted by Crippen LogP contribution is -2.72. The zero-order valence-corrected chi connectivity index (χ0v) is 26.8. The summed E-state index contributed by atoms with van der Waals surface area (Å²) >= 11 is 0. The second-order valence-electron chi connectivity index (χ2n) is 13.3. The lowest BCUT2D eigenvalue weighted by atomic mass is 9.80. The van der Waals surface area contributed by atoms with Gasteiger partial charge in [-0.25, -0.2) is 4.79 Å². The van der Waals surface area contributed by atoms with E-state index in [-0.39, 0.29) is 60.1 Å². The number of esters is 1. The SMILES string of the molecule is C=CCOC(=O)[C@@H]1[C@H]2CC[C@@H](CC(=O)CC/C=C\[C@H](CC)O[Si](C)(C)C(C)(C)C)N2C(=O)N[C@@]12CCC[C@@H](C)O2. The molecule has 8 nitrogen and oxygen atoms in total. The second-order valence-corrected chi connectivity index (χ2v) is 18.0. The van der Waals surface area contributed by atoms with Crippen LogP contribution in [0, 0.1) is 5.92 Å². The molecule has 1 spiro atoms. The highest BCUT2D eigenvalue weighted by atomic mass is 28.4. The van der Waals surface area contributed by atoms with Crippen molar-refractivity contribution in [1.29, 1.82) is 0 Å².